The highest BCUT2D eigenvalue weighted by molar-refractivity contribution is 7.22. The molecule has 3 rings (SSSR count). The fourth-order valence-electron chi connectivity index (χ4n) is 2.14. The first kappa shape index (κ1) is 11.9. The van der Waals surface area contributed by atoms with Crippen LogP contribution in [-0.4, -0.2) is 13.4 Å². The molecule has 0 radical (unpaired) electrons. The van der Waals surface area contributed by atoms with Crippen molar-refractivity contribution in [1.82, 2.24) is 0 Å². The largest absolute Gasteiger partial charge is 0.497 e. The van der Waals surface area contributed by atoms with Crippen LogP contribution in [0.1, 0.15) is 10.4 Å². The second-order valence-corrected chi connectivity index (χ2v) is 5.24. The highest BCUT2D eigenvalue weighted by atomic mass is 32.1. The van der Waals surface area contributed by atoms with Crippen molar-refractivity contribution in [2.24, 2.45) is 0 Å². The van der Waals surface area contributed by atoms with Crippen LogP contribution in [-0.2, 0) is 0 Å². The van der Waals surface area contributed by atoms with Crippen molar-refractivity contribution >= 4 is 27.7 Å². The van der Waals surface area contributed by atoms with Crippen LogP contribution in [0.2, 0.25) is 0 Å². The first-order chi connectivity index (χ1) is 9.33. The van der Waals surface area contributed by atoms with Gasteiger partial charge >= 0.3 is 0 Å². The van der Waals surface area contributed by atoms with E-state index in [-0.39, 0.29) is 0 Å². The molecule has 0 N–H and O–H groups in total. The zero-order valence-electron chi connectivity index (χ0n) is 10.4. The molecule has 19 heavy (non-hydrogen) atoms. The molecule has 2 nitrogen and oxygen atoms in total. The molecule has 3 aromatic rings. The van der Waals surface area contributed by atoms with Gasteiger partial charge in [-0.1, -0.05) is 18.2 Å². The van der Waals surface area contributed by atoms with Crippen LogP contribution >= 0.6 is 11.3 Å². The van der Waals surface area contributed by atoms with E-state index in [9.17, 15) is 4.79 Å². The minimum absolute atomic E-state index is 0.769. The van der Waals surface area contributed by atoms with Crippen LogP contribution in [0.4, 0.5) is 0 Å². The van der Waals surface area contributed by atoms with E-state index in [0.717, 1.165) is 38.1 Å². The van der Waals surface area contributed by atoms with E-state index < -0.39 is 0 Å². The molecule has 0 saturated carbocycles. The number of fused-ring (bicyclic) bond motifs is 1. The Balaban J connectivity index is 2.20. The lowest BCUT2D eigenvalue weighted by molar-refractivity contribution is 0.112. The molecule has 0 saturated heterocycles. The molecule has 0 unspecified atom stereocenters. The van der Waals surface area contributed by atoms with Crippen molar-refractivity contribution in [2.45, 2.75) is 0 Å². The minimum atomic E-state index is 0.769. The van der Waals surface area contributed by atoms with Crippen molar-refractivity contribution in [2.75, 3.05) is 7.11 Å². The standard InChI is InChI=1S/C16H12O2S/c1-18-12-8-6-11(7-9-12)16-14(10-17)13-4-2-3-5-15(13)19-16/h2-10H,1H3. The first-order valence-corrected chi connectivity index (χ1v) is 6.76. The topological polar surface area (TPSA) is 26.3 Å². The van der Waals surface area contributed by atoms with Crippen molar-refractivity contribution in [3.63, 3.8) is 0 Å². The predicted octanol–water partition coefficient (Wildman–Crippen LogP) is 4.39. The van der Waals surface area contributed by atoms with E-state index in [2.05, 4.69) is 0 Å². The van der Waals surface area contributed by atoms with E-state index in [1.807, 2.05) is 48.5 Å². The van der Waals surface area contributed by atoms with Gasteiger partial charge in [-0.2, -0.15) is 0 Å². The molecule has 2 aromatic carbocycles. The summed E-state index contributed by atoms with van der Waals surface area (Å²) < 4.78 is 6.29. The summed E-state index contributed by atoms with van der Waals surface area (Å²) in [6, 6.07) is 15.8. The molecule has 0 bridgehead atoms. The summed E-state index contributed by atoms with van der Waals surface area (Å²) in [6.45, 7) is 0. The summed E-state index contributed by atoms with van der Waals surface area (Å²) in [5.74, 6) is 0.817. The van der Waals surface area contributed by atoms with Gasteiger partial charge in [-0.3, -0.25) is 4.79 Å². The Morgan fingerprint density at radius 3 is 2.47 bits per heavy atom. The van der Waals surface area contributed by atoms with Gasteiger partial charge in [0.25, 0.3) is 0 Å². The van der Waals surface area contributed by atoms with E-state index in [4.69, 9.17) is 4.74 Å². The normalized spacial score (nSPS) is 10.6. The van der Waals surface area contributed by atoms with Crippen molar-refractivity contribution < 1.29 is 9.53 Å². The number of carbonyl (C=O) groups is 1. The SMILES string of the molecule is COc1ccc(-c2sc3ccccc3c2C=O)cc1. The molecule has 1 aromatic heterocycles. The molecule has 3 heteroatoms. The van der Waals surface area contributed by atoms with Gasteiger partial charge in [0.05, 0.1) is 7.11 Å². The summed E-state index contributed by atoms with van der Waals surface area (Å²) in [5.41, 5.74) is 1.81. The molecular weight excluding hydrogens is 256 g/mol. The van der Waals surface area contributed by atoms with Gasteiger partial charge in [-0.25, -0.2) is 0 Å². The monoisotopic (exact) mass is 268 g/mol. The number of methoxy groups -OCH3 is 1. The molecule has 0 aliphatic heterocycles. The molecule has 0 atom stereocenters. The van der Waals surface area contributed by atoms with Gasteiger partial charge in [0.15, 0.2) is 6.29 Å². The average Bonchev–Trinajstić information content (AvgIpc) is 2.85. The number of rotatable bonds is 3. The molecule has 0 amide bonds. The molecule has 0 aliphatic rings. The smallest absolute Gasteiger partial charge is 0.152 e. The molecule has 0 spiro atoms. The number of hydrogen-bond acceptors (Lipinski definition) is 3. The van der Waals surface area contributed by atoms with E-state index in [0.29, 0.717) is 0 Å². The summed E-state index contributed by atoms with van der Waals surface area (Å²) in [6.07, 6.45) is 0.943. The van der Waals surface area contributed by atoms with Gasteiger partial charge in [0.1, 0.15) is 5.75 Å². The summed E-state index contributed by atoms with van der Waals surface area (Å²) in [5, 5.41) is 1.02. The van der Waals surface area contributed by atoms with E-state index in [1.54, 1.807) is 18.4 Å². The van der Waals surface area contributed by atoms with Crippen LogP contribution < -0.4 is 4.74 Å². The zero-order chi connectivity index (χ0) is 13.2. The highest BCUT2D eigenvalue weighted by Gasteiger charge is 2.12. The Morgan fingerprint density at radius 1 is 1.05 bits per heavy atom. The second-order valence-electron chi connectivity index (χ2n) is 4.19. The van der Waals surface area contributed by atoms with Gasteiger partial charge in [-0.15, -0.1) is 11.3 Å². The average molecular weight is 268 g/mol. The molecular formula is C16H12O2S. The highest BCUT2D eigenvalue weighted by Crippen LogP contribution is 2.37. The maximum atomic E-state index is 11.4. The lowest BCUT2D eigenvalue weighted by atomic mass is 10.1. The maximum absolute atomic E-state index is 11.4. The van der Waals surface area contributed by atoms with Crippen LogP contribution in [0.25, 0.3) is 20.5 Å². The van der Waals surface area contributed by atoms with Crippen molar-refractivity contribution in [1.29, 1.82) is 0 Å². The lowest BCUT2D eigenvalue weighted by Crippen LogP contribution is -1.84. The van der Waals surface area contributed by atoms with Gasteiger partial charge in [-0.05, 0) is 35.9 Å². The van der Waals surface area contributed by atoms with Crippen molar-refractivity contribution in [3.8, 4) is 16.2 Å². The maximum Gasteiger partial charge on any atom is 0.152 e. The Bertz CT molecular complexity index is 726. The first-order valence-electron chi connectivity index (χ1n) is 5.94. The molecule has 0 aliphatic carbocycles. The number of hydrogen-bond donors (Lipinski definition) is 0. The lowest BCUT2D eigenvalue weighted by Gasteiger charge is -2.02. The fourth-order valence-corrected chi connectivity index (χ4v) is 3.32. The summed E-state index contributed by atoms with van der Waals surface area (Å²) in [4.78, 5) is 12.4. The minimum Gasteiger partial charge on any atom is -0.497 e. The van der Waals surface area contributed by atoms with E-state index >= 15 is 0 Å². The summed E-state index contributed by atoms with van der Waals surface area (Å²) >= 11 is 1.64. The third-order valence-corrected chi connectivity index (χ3v) is 4.34. The second kappa shape index (κ2) is 4.86. The van der Waals surface area contributed by atoms with Crippen LogP contribution in [0, 0.1) is 0 Å². The van der Waals surface area contributed by atoms with Crippen LogP contribution in [0.3, 0.4) is 0 Å². The molecule has 0 fully saturated rings. The van der Waals surface area contributed by atoms with Crippen LogP contribution in [0.5, 0.6) is 5.75 Å². The number of aldehydes is 1. The van der Waals surface area contributed by atoms with Crippen LogP contribution in [0.15, 0.2) is 48.5 Å². The molecule has 94 valence electrons. The molecule has 1 heterocycles. The van der Waals surface area contributed by atoms with Gasteiger partial charge in [0, 0.05) is 20.5 Å². The van der Waals surface area contributed by atoms with Gasteiger partial charge < -0.3 is 4.74 Å². The number of carbonyl (C=O) groups excluding carboxylic acids is 1. The number of ether oxygens (including phenoxy) is 1. The Labute approximate surface area is 115 Å². The zero-order valence-corrected chi connectivity index (χ0v) is 11.2. The number of thiophene rings is 1. The fraction of sp³-hybridized carbons (Fsp3) is 0.0625. The quantitative estimate of drug-likeness (QED) is 0.658. The third kappa shape index (κ3) is 2.02. The Kier molecular flexibility index (Phi) is 3.05. The van der Waals surface area contributed by atoms with Crippen molar-refractivity contribution in [3.05, 3.63) is 54.1 Å². The third-order valence-electron chi connectivity index (χ3n) is 3.10. The summed E-state index contributed by atoms with van der Waals surface area (Å²) in [7, 11) is 1.64. The Hall–Kier alpha value is -2.13. The van der Waals surface area contributed by atoms with E-state index in [1.165, 1.54) is 0 Å². The van der Waals surface area contributed by atoms with Gasteiger partial charge in [0.2, 0.25) is 0 Å². The predicted molar refractivity (Wildman–Crippen MR) is 79.2 cm³/mol. The Morgan fingerprint density at radius 2 is 1.79 bits per heavy atom. The number of benzene rings is 2.